The number of thioether (sulfide) groups is 1. The normalized spacial score (nSPS) is 15.3. The predicted octanol–water partition coefficient (Wildman–Crippen LogP) is 3.11. The van der Waals surface area contributed by atoms with Crippen molar-refractivity contribution < 1.29 is 0 Å². The Hall–Kier alpha value is -2.41. The van der Waals surface area contributed by atoms with Crippen LogP contribution in [0.15, 0.2) is 40.9 Å². The van der Waals surface area contributed by atoms with Crippen LogP contribution in [0.4, 0.5) is 0 Å². The number of allylic oxidation sites excluding steroid dienone is 1. The first kappa shape index (κ1) is 17.0. The summed E-state index contributed by atoms with van der Waals surface area (Å²) in [5.41, 5.74) is 2.88. The average molecular weight is 367 g/mol. The summed E-state index contributed by atoms with van der Waals surface area (Å²) in [4.78, 5) is 26.6. The summed E-state index contributed by atoms with van der Waals surface area (Å²) in [5.74, 6) is 0.707. The standard InChI is InChI=1S/C19H21N5OS/c1-5-10-23-17(25)13-11-20-18(26-4)22-16(13)24(23)14-7-6-12-8-9-19(2,3)15(12)21-14/h5-7,11H,1,8-10H2,2-4H3. The van der Waals surface area contributed by atoms with Crippen LogP contribution in [-0.2, 0) is 18.4 Å². The average Bonchev–Trinajstić information content (AvgIpc) is 3.09. The predicted molar refractivity (Wildman–Crippen MR) is 104 cm³/mol. The van der Waals surface area contributed by atoms with E-state index in [1.165, 1.54) is 17.3 Å². The summed E-state index contributed by atoms with van der Waals surface area (Å²) in [7, 11) is 0. The van der Waals surface area contributed by atoms with Gasteiger partial charge in [-0.25, -0.2) is 24.3 Å². The zero-order valence-corrected chi connectivity index (χ0v) is 16.0. The summed E-state index contributed by atoms with van der Waals surface area (Å²) in [6.07, 6.45) is 7.35. The Balaban J connectivity index is 2.03. The van der Waals surface area contributed by atoms with Crippen molar-refractivity contribution in [1.29, 1.82) is 0 Å². The van der Waals surface area contributed by atoms with Gasteiger partial charge in [0.2, 0.25) is 0 Å². The van der Waals surface area contributed by atoms with Crippen LogP contribution in [0.25, 0.3) is 16.9 Å². The van der Waals surface area contributed by atoms with Crippen LogP contribution in [0.3, 0.4) is 0 Å². The van der Waals surface area contributed by atoms with Crippen molar-refractivity contribution in [3.8, 4) is 5.82 Å². The van der Waals surface area contributed by atoms with Crippen molar-refractivity contribution in [1.82, 2.24) is 24.3 Å². The van der Waals surface area contributed by atoms with Gasteiger partial charge in [0.15, 0.2) is 16.6 Å². The third-order valence-electron chi connectivity index (χ3n) is 4.98. The molecule has 6 nitrogen and oxygen atoms in total. The van der Waals surface area contributed by atoms with Gasteiger partial charge in [-0.15, -0.1) is 6.58 Å². The molecule has 0 amide bonds. The van der Waals surface area contributed by atoms with Crippen molar-refractivity contribution in [2.75, 3.05) is 6.26 Å². The zero-order valence-electron chi connectivity index (χ0n) is 15.2. The first-order valence-electron chi connectivity index (χ1n) is 8.60. The lowest BCUT2D eigenvalue weighted by atomic mass is 9.90. The van der Waals surface area contributed by atoms with Crippen molar-refractivity contribution in [2.45, 2.75) is 43.8 Å². The minimum Gasteiger partial charge on any atom is -0.267 e. The van der Waals surface area contributed by atoms with Crippen molar-refractivity contribution in [2.24, 2.45) is 0 Å². The first-order valence-corrected chi connectivity index (χ1v) is 9.83. The highest BCUT2D eigenvalue weighted by atomic mass is 32.2. The second kappa shape index (κ2) is 6.09. The first-order chi connectivity index (χ1) is 12.5. The molecule has 0 aromatic carbocycles. The lowest BCUT2D eigenvalue weighted by Gasteiger charge is -2.19. The van der Waals surface area contributed by atoms with Gasteiger partial charge < -0.3 is 0 Å². The molecule has 0 aliphatic heterocycles. The second-order valence-corrected chi connectivity index (χ2v) is 7.92. The fourth-order valence-corrected chi connectivity index (χ4v) is 3.92. The monoisotopic (exact) mass is 367 g/mol. The summed E-state index contributed by atoms with van der Waals surface area (Å²) in [6, 6.07) is 4.09. The van der Waals surface area contributed by atoms with Gasteiger partial charge in [-0.1, -0.05) is 37.8 Å². The van der Waals surface area contributed by atoms with E-state index in [0.29, 0.717) is 28.6 Å². The van der Waals surface area contributed by atoms with Gasteiger partial charge >= 0.3 is 0 Å². The summed E-state index contributed by atoms with van der Waals surface area (Å²) < 4.78 is 3.42. The van der Waals surface area contributed by atoms with E-state index in [1.807, 2.05) is 12.3 Å². The number of aromatic nitrogens is 5. The lowest BCUT2D eigenvalue weighted by Crippen LogP contribution is -2.23. The second-order valence-electron chi connectivity index (χ2n) is 7.14. The Kier molecular flexibility index (Phi) is 3.99. The van der Waals surface area contributed by atoms with Crippen LogP contribution >= 0.6 is 11.8 Å². The minimum atomic E-state index is -0.130. The molecule has 134 valence electrons. The molecule has 0 unspecified atom stereocenters. The lowest BCUT2D eigenvalue weighted by molar-refractivity contribution is 0.506. The maximum atomic E-state index is 12.9. The molecule has 7 heteroatoms. The SMILES string of the molecule is C=CCn1c(=O)c2cnc(SC)nc2n1-c1ccc2c(n1)C(C)(C)CC2. The third-order valence-corrected chi connectivity index (χ3v) is 5.54. The molecule has 26 heavy (non-hydrogen) atoms. The molecule has 3 heterocycles. The molecule has 1 aliphatic carbocycles. The van der Waals surface area contributed by atoms with Crippen molar-refractivity contribution in [3.63, 3.8) is 0 Å². The Morgan fingerprint density at radius 3 is 2.88 bits per heavy atom. The molecule has 0 atom stereocenters. The van der Waals surface area contributed by atoms with E-state index in [9.17, 15) is 4.79 Å². The van der Waals surface area contributed by atoms with Crippen LogP contribution in [0.5, 0.6) is 0 Å². The fourth-order valence-electron chi connectivity index (χ4n) is 3.58. The molecule has 3 aromatic rings. The highest BCUT2D eigenvalue weighted by Gasteiger charge is 2.32. The van der Waals surface area contributed by atoms with Crippen LogP contribution in [0.2, 0.25) is 0 Å². The van der Waals surface area contributed by atoms with Crippen LogP contribution in [0.1, 0.15) is 31.5 Å². The highest BCUT2D eigenvalue weighted by molar-refractivity contribution is 7.98. The number of nitrogens with zero attached hydrogens (tertiary/aromatic N) is 5. The highest BCUT2D eigenvalue weighted by Crippen LogP contribution is 2.37. The van der Waals surface area contributed by atoms with Gasteiger partial charge in [-0.2, -0.15) is 0 Å². The molecule has 0 saturated carbocycles. The molecule has 3 aromatic heterocycles. The quantitative estimate of drug-likeness (QED) is 0.403. The molecular formula is C19H21N5OS. The smallest absolute Gasteiger partial charge is 0.267 e. The Morgan fingerprint density at radius 2 is 2.15 bits per heavy atom. The van der Waals surface area contributed by atoms with E-state index in [1.54, 1.807) is 21.6 Å². The summed E-state index contributed by atoms with van der Waals surface area (Å²) in [5, 5.41) is 1.12. The van der Waals surface area contributed by atoms with E-state index < -0.39 is 0 Å². The van der Waals surface area contributed by atoms with E-state index >= 15 is 0 Å². The summed E-state index contributed by atoms with van der Waals surface area (Å²) in [6.45, 7) is 8.60. The third kappa shape index (κ3) is 2.49. The number of aryl methyl sites for hydroxylation is 1. The number of hydrogen-bond donors (Lipinski definition) is 0. The van der Waals surface area contributed by atoms with Gasteiger partial charge in [-0.05, 0) is 30.7 Å². The van der Waals surface area contributed by atoms with E-state index in [-0.39, 0.29) is 11.0 Å². The Bertz CT molecular complexity index is 1080. The zero-order chi connectivity index (χ0) is 18.5. The van der Waals surface area contributed by atoms with Crippen LogP contribution in [-0.4, -0.2) is 30.6 Å². The topological polar surface area (TPSA) is 65.6 Å². The van der Waals surface area contributed by atoms with Crippen LogP contribution < -0.4 is 5.56 Å². The molecule has 4 rings (SSSR count). The fraction of sp³-hybridized carbons (Fsp3) is 0.368. The van der Waals surface area contributed by atoms with Gasteiger partial charge in [0.1, 0.15) is 5.39 Å². The molecule has 0 fully saturated rings. The van der Waals surface area contributed by atoms with E-state index in [0.717, 1.165) is 18.5 Å². The molecule has 0 saturated heterocycles. The Labute approximate surface area is 156 Å². The minimum absolute atomic E-state index is 0.0390. The number of fused-ring (bicyclic) bond motifs is 2. The van der Waals surface area contributed by atoms with E-state index in [4.69, 9.17) is 4.98 Å². The largest absolute Gasteiger partial charge is 0.278 e. The van der Waals surface area contributed by atoms with Crippen molar-refractivity contribution in [3.05, 3.63) is 52.6 Å². The Morgan fingerprint density at radius 1 is 1.35 bits per heavy atom. The van der Waals surface area contributed by atoms with Gasteiger partial charge in [0, 0.05) is 11.6 Å². The van der Waals surface area contributed by atoms with Gasteiger partial charge in [0.05, 0.1) is 12.2 Å². The number of rotatable bonds is 4. The maximum Gasteiger partial charge on any atom is 0.278 e. The number of pyridine rings is 1. The molecule has 1 aliphatic rings. The summed E-state index contributed by atoms with van der Waals surface area (Å²) >= 11 is 1.45. The van der Waals surface area contributed by atoms with Crippen molar-refractivity contribution >= 4 is 22.8 Å². The van der Waals surface area contributed by atoms with Gasteiger partial charge in [-0.3, -0.25) is 4.79 Å². The van der Waals surface area contributed by atoms with Gasteiger partial charge in [0.25, 0.3) is 5.56 Å². The molecular weight excluding hydrogens is 346 g/mol. The molecule has 0 bridgehead atoms. The molecule has 0 radical (unpaired) electrons. The maximum absolute atomic E-state index is 12.9. The number of hydrogen-bond acceptors (Lipinski definition) is 5. The molecule has 0 N–H and O–H groups in total. The van der Waals surface area contributed by atoms with E-state index in [2.05, 4.69) is 36.5 Å². The van der Waals surface area contributed by atoms with Crippen LogP contribution in [0, 0.1) is 0 Å². The molecule has 0 spiro atoms.